The Bertz CT molecular complexity index is 2060. The van der Waals surface area contributed by atoms with E-state index in [9.17, 15) is 24.0 Å². The fourth-order valence-electron chi connectivity index (χ4n) is 4.72. The molecule has 1 amide bonds. The Morgan fingerprint density at radius 3 is 2.31 bits per heavy atom. The molecule has 0 saturated carbocycles. The monoisotopic (exact) mass is 766 g/mol. The SMILES string of the molecule is CC(C)(C)C(=O)OC[C@@H]1O[C@H](n2ccc(NC(=O)c3ccc(-n4[se]c5ccccc5c4=O)cc3Cl)nc2=O)C(F)(F)[C@H]1OC(=O)C(C)(C)C. The zero-order valence-electron chi connectivity index (χ0n) is 27.3. The quantitative estimate of drug-likeness (QED) is 0.211. The van der Waals surface area contributed by atoms with Gasteiger partial charge in [0, 0.05) is 0 Å². The largest absolute Gasteiger partial charge is 0.452 e. The van der Waals surface area contributed by atoms with Gasteiger partial charge in [0.25, 0.3) is 0 Å². The summed E-state index contributed by atoms with van der Waals surface area (Å²) in [5.41, 5.74) is -2.99. The zero-order valence-corrected chi connectivity index (χ0v) is 29.8. The molecule has 1 aliphatic heterocycles. The minimum atomic E-state index is -3.97. The number of esters is 2. The third kappa shape index (κ3) is 7.40. The fourth-order valence-corrected chi connectivity index (χ4v) is 7.05. The summed E-state index contributed by atoms with van der Waals surface area (Å²) in [6.45, 7) is 8.48. The van der Waals surface area contributed by atoms with Crippen molar-refractivity contribution in [3.8, 4) is 5.69 Å². The smallest absolute Gasteiger partial charge is 0.331 e. The van der Waals surface area contributed by atoms with Crippen LogP contribution in [0.3, 0.4) is 0 Å². The molecular weight excluding hydrogens is 733 g/mol. The summed E-state index contributed by atoms with van der Waals surface area (Å²) in [6.07, 6.45) is -5.18. The number of aromatic nitrogens is 3. The first-order valence-corrected chi connectivity index (χ1v) is 17.0. The molecule has 0 aliphatic carbocycles. The number of nitrogens with zero attached hydrogens (tertiary/aromatic N) is 3. The van der Waals surface area contributed by atoms with Crippen LogP contribution in [0.4, 0.5) is 14.6 Å². The number of amides is 1. The normalized spacial score (nSPS) is 19.1. The molecule has 0 spiro atoms. The van der Waals surface area contributed by atoms with Crippen molar-refractivity contribution in [2.45, 2.75) is 65.9 Å². The molecule has 2 aromatic carbocycles. The number of ether oxygens (including phenoxy) is 3. The summed E-state index contributed by atoms with van der Waals surface area (Å²) in [4.78, 5) is 67.7. The second kappa shape index (κ2) is 13.3. The van der Waals surface area contributed by atoms with Crippen molar-refractivity contribution in [1.29, 1.82) is 0 Å². The third-order valence-electron chi connectivity index (χ3n) is 7.43. The van der Waals surface area contributed by atoms with E-state index >= 15 is 8.78 Å². The molecule has 0 bridgehead atoms. The number of fused-ring (bicyclic) bond motifs is 1. The number of anilines is 1. The van der Waals surface area contributed by atoms with Gasteiger partial charge in [0.2, 0.25) is 0 Å². The number of carbonyl (C=O) groups is 3. The van der Waals surface area contributed by atoms with E-state index in [1.165, 1.54) is 32.9 Å². The van der Waals surface area contributed by atoms with Gasteiger partial charge in [-0.15, -0.1) is 0 Å². The molecule has 1 fully saturated rings. The molecule has 1 N–H and O–H groups in total. The van der Waals surface area contributed by atoms with Crippen LogP contribution in [-0.2, 0) is 23.8 Å². The molecule has 2 aromatic heterocycles. The van der Waals surface area contributed by atoms with Crippen LogP contribution in [-0.4, -0.2) is 70.4 Å². The summed E-state index contributed by atoms with van der Waals surface area (Å²) in [6, 6.07) is 12.8. The van der Waals surface area contributed by atoms with Crippen LogP contribution in [0, 0.1) is 10.8 Å². The third-order valence-corrected chi connectivity index (χ3v) is 10.1. The summed E-state index contributed by atoms with van der Waals surface area (Å²) in [5, 5.41) is 3.04. The Balaban J connectivity index is 1.36. The van der Waals surface area contributed by atoms with Crippen molar-refractivity contribution in [2.75, 3.05) is 11.9 Å². The number of rotatable bonds is 7. The van der Waals surface area contributed by atoms with E-state index in [0.29, 0.717) is 15.6 Å². The van der Waals surface area contributed by atoms with Crippen LogP contribution in [0.5, 0.6) is 0 Å². The Morgan fingerprint density at radius 1 is 1.02 bits per heavy atom. The number of halogens is 3. The van der Waals surface area contributed by atoms with Crippen LogP contribution in [0.1, 0.15) is 58.1 Å². The Kier molecular flexibility index (Phi) is 9.78. The number of carbonyl (C=O) groups excluding carboxylic acids is 3. The first-order chi connectivity index (χ1) is 22.8. The summed E-state index contributed by atoms with van der Waals surface area (Å²) >= 11 is 6.10. The van der Waals surface area contributed by atoms with Crippen molar-refractivity contribution in [1.82, 2.24) is 13.1 Å². The molecule has 16 heteroatoms. The molecule has 5 rings (SSSR count). The molecule has 260 valence electrons. The molecule has 3 heterocycles. The molecule has 0 unspecified atom stereocenters. The van der Waals surface area contributed by atoms with E-state index in [2.05, 4.69) is 10.3 Å². The minimum Gasteiger partial charge on any atom is -0.452 e. The van der Waals surface area contributed by atoms with Crippen LogP contribution in [0.15, 0.2) is 64.3 Å². The number of hydrogen-bond donors (Lipinski definition) is 1. The number of nitrogens with one attached hydrogen (secondary N) is 1. The molecule has 12 nitrogen and oxygen atoms in total. The van der Waals surface area contributed by atoms with Gasteiger partial charge in [-0.25, -0.2) is 0 Å². The van der Waals surface area contributed by atoms with Gasteiger partial charge >= 0.3 is 187 Å². The van der Waals surface area contributed by atoms with Gasteiger partial charge in [0.15, 0.2) is 6.10 Å². The van der Waals surface area contributed by atoms with Crippen molar-refractivity contribution in [2.24, 2.45) is 10.8 Å². The summed E-state index contributed by atoms with van der Waals surface area (Å²) < 4.78 is 50.6. The summed E-state index contributed by atoms with van der Waals surface area (Å²) in [7, 11) is 0. The first-order valence-electron chi connectivity index (χ1n) is 15.0. The van der Waals surface area contributed by atoms with E-state index in [1.807, 2.05) is 12.1 Å². The standard InChI is InChI=1S/C33H33ClF2N4O8Se/c1-31(2,3)28(43)46-16-21-24(48-29(44)32(4,5)6)33(35,36)27(47-21)39-14-13-23(38-30(39)45)37-25(41)18-12-11-17(15-20(18)34)40-26(42)19-9-7-8-10-22(19)49-40/h7-15,21,24,27H,16H2,1-6H3,(H,37,38,41,45)/t21-,24-,27-/m0/s1. The van der Waals surface area contributed by atoms with Gasteiger partial charge < -0.3 is 14.2 Å². The van der Waals surface area contributed by atoms with E-state index in [4.69, 9.17) is 25.8 Å². The summed E-state index contributed by atoms with van der Waals surface area (Å²) in [5.74, 6) is -6.65. The van der Waals surface area contributed by atoms with Crippen LogP contribution >= 0.6 is 11.6 Å². The Morgan fingerprint density at radius 2 is 1.69 bits per heavy atom. The molecule has 3 atom stereocenters. The van der Waals surface area contributed by atoms with Gasteiger partial charge in [-0.2, -0.15) is 8.78 Å². The molecule has 4 aromatic rings. The number of alkyl halides is 2. The van der Waals surface area contributed by atoms with Crippen molar-refractivity contribution >= 4 is 59.6 Å². The van der Waals surface area contributed by atoms with E-state index in [1.54, 1.807) is 42.5 Å². The maximum Gasteiger partial charge on any atom is 0.331 e. The van der Waals surface area contributed by atoms with Gasteiger partial charge in [0.1, 0.15) is 12.7 Å². The van der Waals surface area contributed by atoms with Gasteiger partial charge in [-0.1, -0.05) is 0 Å². The maximum atomic E-state index is 15.9. The molecular formula is C33H33ClF2N4O8Se. The predicted octanol–water partition coefficient (Wildman–Crippen LogP) is 4.59. The fraction of sp³-hybridized carbons (Fsp3) is 0.394. The van der Waals surface area contributed by atoms with E-state index < -0.39 is 65.3 Å². The maximum absolute atomic E-state index is 15.9. The van der Waals surface area contributed by atoms with Gasteiger partial charge in [-0.05, 0) is 41.5 Å². The molecule has 0 radical (unpaired) electrons. The average molecular weight is 766 g/mol. The van der Waals surface area contributed by atoms with Crippen LogP contribution < -0.4 is 16.6 Å². The molecule has 1 saturated heterocycles. The number of benzene rings is 2. The zero-order chi connectivity index (χ0) is 36.1. The van der Waals surface area contributed by atoms with Gasteiger partial charge in [0.05, 0.1) is 10.8 Å². The first kappa shape index (κ1) is 36.1. The Hall–Kier alpha value is -4.17. The van der Waals surface area contributed by atoms with Crippen molar-refractivity contribution in [3.05, 3.63) is 86.2 Å². The van der Waals surface area contributed by atoms with E-state index in [0.717, 1.165) is 16.5 Å². The number of hydrogen-bond acceptors (Lipinski definition) is 9. The molecule has 49 heavy (non-hydrogen) atoms. The van der Waals surface area contributed by atoms with Gasteiger partial charge in [-0.3, -0.25) is 9.59 Å². The van der Waals surface area contributed by atoms with Crippen molar-refractivity contribution < 1.29 is 37.4 Å². The molecule has 1 aliphatic rings. The van der Waals surface area contributed by atoms with Crippen LogP contribution in [0.25, 0.3) is 15.3 Å². The minimum absolute atomic E-state index is 0.00914. The second-order valence-electron chi connectivity index (χ2n) is 13.4. The predicted molar refractivity (Wildman–Crippen MR) is 177 cm³/mol. The second-order valence-corrected chi connectivity index (χ2v) is 15.9. The van der Waals surface area contributed by atoms with Crippen molar-refractivity contribution in [3.63, 3.8) is 0 Å². The van der Waals surface area contributed by atoms with Crippen LogP contribution in [0.2, 0.25) is 5.02 Å². The topological polar surface area (TPSA) is 148 Å². The van der Waals surface area contributed by atoms with E-state index in [-0.39, 0.29) is 36.7 Å². The Labute approximate surface area is 289 Å². The average Bonchev–Trinajstić information content (AvgIpc) is 3.47.